The van der Waals surface area contributed by atoms with Crippen LogP contribution < -0.4 is 19.8 Å². The Morgan fingerprint density at radius 2 is 1.76 bits per heavy atom. The van der Waals surface area contributed by atoms with Gasteiger partial charge >= 0.3 is 5.63 Å². The lowest BCUT2D eigenvalue weighted by atomic mass is 10.0. The topological polar surface area (TPSA) is 61.1 Å². The van der Waals surface area contributed by atoms with Crippen molar-refractivity contribution in [3.8, 4) is 28.4 Å². The van der Waals surface area contributed by atoms with Gasteiger partial charge in [0.1, 0.15) is 18.1 Å². The lowest BCUT2D eigenvalue weighted by Crippen LogP contribution is -2.31. The maximum Gasteiger partial charge on any atom is 0.344 e. The molecule has 2 heterocycles. The normalized spacial score (nSPS) is 13.4. The van der Waals surface area contributed by atoms with Crippen molar-refractivity contribution in [1.82, 2.24) is 4.90 Å². The lowest BCUT2D eigenvalue weighted by Gasteiger charge is -2.29. The second-order valence-electron chi connectivity index (χ2n) is 7.86. The zero-order valence-corrected chi connectivity index (χ0v) is 19.0. The quantitative estimate of drug-likeness (QED) is 0.365. The van der Waals surface area contributed by atoms with E-state index in [4.69, 9.17) is 30.2 Å². The molecule has 0 amide bonds. The van der Waals surface area contributed by atoms with Gasteiger partial charge < -0.3 is 18.6 Å². The van der Waals surface area contributed by atoms with Gasteiger partial charge in [0.05, 0.1) is 25.3 Å². The van der Waals surface area contributed by atoms with Crippen LogP contribution in [0.3, 0.4) is 0 Å². The molecule has 0 fully saturated rings. The minimum absolute atomic E-state index is 0.419. The van der Waals surface area contributed by atoms with Crippen molar-refractivity contribution >= 4 is 22.6 Å². The van der Waals surface area contributed by atoms with Crippen LogP contribution in [0.25, 0.3) is 22.1 Å². The number of halogens is 1. The van der Waals surface area contributed by atoms with Gasteiger partial charge in [-0.15, -0.1) is 0 Å². The van der Waals surface area contributed by atoms with Crippen LogP contribution in [0, 0.1) is 0 Å². The molecule has 5 rings (SSSR count). The summed E-state index contributed by atoms with van der Waals surface area (Å²) in [6.07, 6.45) is 0. The summed E-state index contributed by atoms with van der Waals surface area (Å²) in [6.45, 7) is 1.75. The molecule has 33 heavy (non-hydrogen) atoms. The number of hydrogen-bond acceptors (Lipinski definition) is 6. The molecule has 0 radical (unpaired) electrons. The zero-order chi connectivity index (χ0) is 22.9. The summed E-state index contributed by atoms with van der Waals surface area (Å²) in [5.41, 5.74) is 3.27. The summed E-state index contributed by atoms with van der Waals surface area (Å²) in [6, 6.07) is 18.8. The van der Waals surface area contributed by atoms with Gasteiger partial charge in [-0.25, -0.2) is 4.79 Å². The second kappa shape index (κ2) is 8.81. The molecule has 0 saturated heterocycles. The molecular formula is C26H22ClNO5. The van der Waals surface area contributed by atoms with Crippen LogP contribution in [0.15, 0.2) is 69.9 Å². The molecule has 0 unspecified atom stereocenters. The lowest BCUT2D eigenvalue weighted by molar-refractivity contribution is 0.0890. The Kier molecular flexibility index (Phi) is 5.70. The van der Waals surface area contributed by atoms with Crippen LogP contribution in [0.5, 0.6) is 17.2 Å². The number of nitrogens with zero attached hydrogens (tertiary/aromatic N) is 1. The monoisotopic (exact) mass is 463 g/mol. The van der Waals surface area contributed by atoms with Crippen LogP contribution >= 0.6 is 11.6 Å². The highest BCUT2D eigenvalue weighted by molar-refractivity contribution is 6.30. The van der Waals surface area contributed by atoms with E-state index in [9.17, 15) is 4.79 Å². The van der Waals surface area contributed by atoms with Gasteiger partial charge in [-0.1, -0.05) is 29.8 Å². The van der Waals surface area contributed by atoms with Gasteiger partial charge in [-0.3, -0.25) is 4.90 Å². The summed E-state index contributed by atoms with van der Waals surface area (Å²) < 4.78 is 22.5. The van der Waals surface area contributed by atoms with Crippen molar-refractivity contribution in [3.05, 3.63) is 87.2 Å². The largest absolute Gasteiger partial charge is 0.493 e. The summed E-state index contributed by atoms with van der Waals surface area (Å²) in [5, 5.41) is 1.53. The van der Waals surface area contributed by atoms with Gasteiger partial charge in [0.25, 0.3) is 0 Å². The third-order valence-corrected chi connectivity index (χ3v) is 6.01. The number of benzene rings is 3. The van der Waals surface area contributed by atoms with Crippen LogP contribution in [0.4, 0.5) is 0 Å². The van der Waals surface area contributed by atoms with Gasteiger partial charge in [-0.05, 0) is 53.6 Å². The fraction of sp³-hybridized carbons (Fsp3) is 0.192. The van der Waals surface area contributed by atoms with Gasteiger partial charge in [0.15, 0.2) is 11.5 Å². The smallest absolute Gasteiger partial charge is 0.344 e. The van der Waals surface area contributed by atoms with Crippen molar-refractivity contribution < 1.29 is 18.6 Å². The first-order valence-electron chi connectivity index (χ1n) is 10.5. The Hall–Kier alpha value is -3.48. The van der Waals surface area contributed by atoms with E-state index in [1.807, 2.05) is 48.5 Å². The van der Waals surface area contributed by atoms with Crippen LogP contribution in [-0.4, -0.2) is 25.9 Å². The highest BCUT2D eigenvalue weighted by Gasteiger charge is 2.22. The SMILES string of the molecule is COc1ccc(-c2cc3ccc4c(c3oc2=O)CN(Cc2ccc(Cl)cc2)CO4)cc1OC. The van der Waals surface area contributed by atoms with E-state index >= 15 is 0 Å². The maximum absolute atomic E-state index is 13.0. The molecule has 0 N–H and O–H groups in total. The predicted octanol–water partition coefficient (Wildman–Crippen LogP) is 5.48. The zero-order valence-electron chi connectivity index (χ0n) is 18.3. The van der Waals surface area contributed by atoms with Crippen molar-refractivity contribution in [2.75, 3.05) is 21.0 Å². The van der Waals surface area contributed by atoms with Gasteiger partial charge in [0, 0.05) is 23.5 Å². The first-order chi connectivity index (χ1) is 16.1. The van der Waals surface area contributed by atoms with E-state index in [1.165, 1.54) is 0 Å². The van der Waals surface area contributed by atoms with Crippen molar-refractivity contribution in [2.45, 2.75) is 13.1 Å². The third-order valence-electron chi connectivity index (χ3n) is 5.76. The Morgan fingerprint density at radius 3 is 2.52 bits per heavy atom. The number of rotatable bonds is 5. The number of ether oxygens (including phenoxy) is 3. The Labute approximate surface area is 195 Å². The van der Waals surface area contributed by atoms with Crippen molar-refractivity contribution in [1.29, 1.82) is 0 Å². The maximum atomic E-state index is 13.0. The molecule has 4 aromatic rings. The molecule has 7 heteroatoms. The van der Waals surface area contributed by atoms with Crippen molar-refractivity contribution in [2.24, 2.45) is 0 Å². The third kappa shape index (κ3) is 4.15. The van der Waals surface area contributed by atoms with Crippen LogP contribution in [0.2, 0.25) is 5.02 Å². The van der Waals surface area contributed by atoms with Gasteiger partial charge in [0.2, 0.25) is 0 Å². The minimum atomic E-state index is -0.419. The van der Waals surface area contributed by atoms with Gasteiger partial charge in [-0.2, -0.15) is 0 Å². The Morgan fingerprint density at radius 1 is 0.970 bits per heavy atom. The first kappa shape index (κ1) is 21.4. The molecule has 6 nitrogen and oxygen atoms in total. The Balaban J connectivity index is 1.50. The average Bonchev–Trinajstić information content (AvgIpc) is 2.84. The summed E-state index contributed by atoms with van der Waals surface area (Å²) >= 11 is 6.00. The molecule has 1 aromatic heterocycles. The second-order valence-corrected chi connectivity index (χ2v) is 8.30. The molecule has 0 bridgehead atoms. The number of methoxy groups -OCH3 is 2. The van der Waals surface area contributed by atoms with E-state index in [0.29, 0.717) is 53.1 Å². The molecule has 0 spiro atoms. The first-order valence-corrected chi connectivity index (χ1v) is 10.9. The molecule has 168 valence electrons. The molecule has 0 aliphatic carbocycles. The van der Waals surface area contributed by atoms with E-state index in [-0.39, 0.29) is 0 Å². The van der Waals surface area contributed by atoms with Crippen LogP contribution in [-0.2, 0) is 13.1 Å². The fourth-order valence-corrected chi connectivity index (χ4v) is 4.22. The molecule has 0 atom stereocenters. The van der Waals surface area contributed by atoms with Crippen LogP contribution in [0.1, 0.15) is 11.1 Å². The van der Waals surface area contributed by atoms with Crippen molar-refractivity contribution in [3.63, 3.8) is 0 Å². The molecular weight excluding hydrogens is 442 g/mol. The predicted molar refractivity (Wildman–Crippen MR) is 127 cm³/mol. The molecule has 3 aromatic carbocycles. The highest BCUT2D eigenvalue weighted by Crippen LogP contribution is 2.35. The fourth-order valence-electron chi connectivity index (χ4n) is 4.09. The highest BCUT2D eigenvalue weighted by atomic mass is 35.5. The van der Waals surface area contributed by atoms with E-state index in [1.54, 1.807) is 26.4 Å². The molecule has 0 saturated carbocycles. The summed E-state index contributed by atoms with van der Waals surface area (Å²) in [5.74, 6) is 1.88. The molecule has 1 aliphatic rings. The number of hydrogen-bond donors (Lipinski definition) is 0. The summed E-state index contributed by atoms with van der Waals surface area (Å²) in [7, 11) is 3.13. The summed E-state index contributed by atoms with van der Waals surface area (Å²) in [4.78, 5) is 15.1. The molecule has 1 aliphatic heterocycles. The number of fused-ring (bicyclic) bond motifs is 3. The van der Waals surface area contributed by atoms with E-state index in [2.05, 4.69) is 4.90 Å². The standard InChI is InChI=1S/C26H22ClNO5/c1-30-23-10-5-17(12-24(23)31-2)20-11-18-6-9-22-21(25(18)33-26(20)29)14-28(15-32-22)13-16-3-7-19(27)8-4-16/h3-12H,13-15H2,1-2H3. The average molecular weight is 464 g/mol. The minimum Gasteiger partial charge on any atom is -0.493 e. The van der Waals surface area contributed by atoms with E-state index in [0.717, 1.165) is 22.3 Å². The Bertz CT molecular complexity index is 1380. The van der Waals surface area contributed by atoms with E-state index < -0.39 is 5.63 Å².